The fourth-order valence-corrected chi connectivity index (χ4v) is 5.85. The molecule has 0 radical (unpaired) electrons. The van der Waals surface area contributed by atoms with E-state index in [1.165, 1.54) is 4.57 Å². The molecule has 4 aromatic rings. The van der Waals surface area contributed by atoms with Gasteiger partial charge in [0.15, 0.2) is 0 Å². The van der Waals surface area contributed by atoms with Gasteiger partial charge in [-0.3, -0.25) is 23.9 Å². The molecule has 0 aliphatic carbocycles. The second kappa shape index (κ2) is 11.7. The Morgan fingerprint density at radius 1 is 1.03 bits per heavy atom. The van der Waals surface area contributed by atoms with Crippen molar-refractivity contribution >= 4 is 45.0 Å². The van der Waals surface area contributed by atoms with Crippen molar-refractivity contribution in [3.63, 3.8) is 0 Å². The molecule has 0 bridgehead atoms. The minimum Gasteiger partial charge on any atom is -0.379 e. The van der Waals surface area contributed by atoms with Gasteiger partial charge in [0.05, 0.1) is 29.5 Å². The molecule has 202 valence electrons. The first-order valence-corrected chi connectivity index (χ1v) is 13.8. The van der Waals surface area contributed by atoms with Gasteiger partial charge in [-0.1, -0.05) is 59.3 Å². The number of hydrogen-bond acceptors (Lipinski definition) is 6. The summed E-state index contributed by atoms with van der Waals surface area (Å²) in [4.78, 5) is 41.5. The van der Waals surface area contributed by atoms with E-state index in [1.807, 2.05) is 36.4 Å². The number of likely N-dealkylation sites (N-methyl/N-ethyl adjacent to an activating group) is 1. The Morgan fingerprint density at radius 2 is 1.67 bits per heavy atom. The van der Waals surface area contributed by atoms with E-state index < -0.39 is 5.91 Å². The number of fused-ring (bicyclic) bond motifs is 1. The summed E-state index contributed by atoms with van der Waals surface area (Å²) in [5, 5.41) is 0.518. The van der Waals surface area contributed by atoms with Gasteiger partial charge in [-0.2, -0.15) is 0 Å². The number of ether oxygens (including phenoxy) is 1. The van der Waals surface area contributed by atoms with Gasteiger partial charge in [-0.25, -0.2) is 0 Å². The van der Waals surface area contributed by atoms with Crippen LogP contribution in [-0.4, -0.2) is 66.1 Å². The molecule has 5 rings (SSSR count). The van der Waals surface area contributed by atoms with Crippen molar-refractivity contribution in [1.29, 1.82) is 0 Å². The lowest BCUT2D eigenvalue weighted by atomic mass is 9.98. The summed E-state index contributed by atoms with van der Waals surface area (Å²) in [6.07, 6.45) is 0. The van der Waals surface area contributed by atoms with E-state index in [1.54, 1.807) is 42.3 Å². The zero-order chi connectivity index (χ0) is 27.5. The third-order valence-corrected chi connectivity index (χ3v) is 8.31. The van der Waals surface area contributed by atoms with Crippen molar-refractivity contribution in [3.8, 4) is 11.1 Å². The zero-order valence-electron chi connectivity index (χ0n) is 21.5. The molecule has 0 spiro atoms. The maximum Gasteiger partial charge on any atom is 0.308 e. The van der Waals surface area contributed by atoms with Crippen LogP contribution in [0.15, 0.2) is 71.5 Å². The molecule has 1 fully saturated rings. The molecule has 3 aromatic carbocycles. The summed E-state index contributed by atoms with van der Waals surface area (Å²) < 4.78 is 7.81. The molecule has 2 amide bonds. The Morgan fingerprint density at radius 3 is 2.31 bits per heavy atom. The first-order chi connectivity index (χ1) is 18.8. The third-order valence-electron chi connectivity index (χ3n) is 7.12. The molecular weight excluding hydrogens is 536 g/mol. The van der Waals surface area contributed by atoms with Crippen LogP contribution in [0.3, 0.4) is 0 Å². The third kappa shape index (κ3) is 6.07. The highest BCUT2D eigenvalue weighted by atomic mass is 35.5. The van der Waals surface area contributed by atoms with Gasteiger partial charge in [0.25, 0.3) is 0 Å². The number of primary amides is 1. The van der Waals surface area contributed by atoms with E-state index in [0.717, 1.165) is 45.8 Å². The van der Waals surface area contributed by atoms with Crippen molar-refractivity contribution in [1.82, 2.24) is 14.4 Å². The molecule has 1 aliphatic rings. The average molecular weight is 565 g/mol. The van der Waals surface area contributed by atoms with E-state index in [9.17, 15) is 14.4 Å². The fraction of sp³-hybridized carbons (Fsp3) is 0.276. The molecule has 1 saturated heterocycles. The van der Waals surface area contributed by atoms with E-state index in [2.05, 4.69) is 4.90 Å². The maximum absolute atomic E-state index is 13.6. The second-order valence-electron chi connectivity index (χ2n) is 9.56. The van der Waals surface area contributed by atoms with Crippen molar-refractivity contribution in [2.24, 2.45) is 5.73 Å². The average Bonchev–Trinajstić information content (AvgIpc) is 3.25. The number of carbonyl (C=O) groups excluding carboxylic acids is 2. The van der Waals surface area contributed by atoms with E-state index in [-0.39, 0.29) is 23.4 Å². The first-order valence-electron chi connectivity index (χ1n) is 12.6. The molecule has 1 aromatic heterocycles. The van der Waals surface area contributed by atoms with Crippen LogP contribution >= 0.6 is 22.9 Å². The summed E-state index contributed by atoms with van der Waals surface area (Å²) in [7, 11) is 1.79. The van der Waals surface area contributed by atoms with E-state index >= 15 is 0 Å². The number of hydrogen-bond donors (Lipinski definition) is 1. The van der Waals surface area contributed by atoms with Gasteiger partial charge < -0.3 is 15.4 Å². The van der Waals surface area contributed by atoms with Crippen LogP contribution in [-0.2, 0) is 16.1 Å². The number of rotatable bonds is 8. The molecule has 0 saturated carbocycles. The highest BCUT2D eigenvalue weighted by molar-refractivity contribution is 7.16. The number of carbonyl (C=O) groups is 2. The number of morpholine rings is 1. The molecule has 2 heterocycles. The normalized spacial score (nSPS) is 14.8. The predicted molar refractivity (Wildman–Crippen MR) is 154 cm³/mol. The SMILES string of the molecule is CN(C(=O)Cn1c(=O)sc2ccc(Cl)cc21)C(CN1CCOCC1)c1ccc(-c2ccc(C(N)=O)cc2)cc1. The molecule has 1 unspecified atom stereocenters. The number of thiazole rings is 1. The van der Waals surface area contributed by atoms with E-state index in [4.69, 9.17) is 22.1 Å². The molecule has 1 aliphatic heterocycles. The Labute approximate surface area is 235 Å². The molecule has 39 heavy (non-hydrogen) atoms. The summed E-state index contributed by atoms with van der Waals surface area (Å²) in [6.45, 7) is 3.46. The molecule has 2 N–H and O–H groups in total. The quantitative estimate of drug-likeness (QED) is 0.349. The van der Waals surface area contributed by atoms with Crippen LogP contribution < -0.4 is 10.6 Å². The lowest BCUT2D eigenvalue weighted by Gasteiger charge is -2.35. The molecule has 8 nitrogen and oxygen atoms in total. The fourth-order valence-electron chi connectivity index (χ4n) is 4.81. The lowest BCUT2D eigenvalue weighted by Crippen LogP contribution is -2.44. The predicted octanol–water partition coefficient (Wildman–Crippen LogP) is 4.01. The Balaban J connectivity index is 1.40. The number of halogens is 1. The van der Waals surface area contributed by atoms with Crippen LogP contribution in [0, 0.1) is 0 Å². The molecule has 1 atom stereocenters. The van der Waals surface area contributed by atoms with Gasteiger partial charge in [-0.15, -0.1) is 0 Å². The maximum atomic E-state index is 13.6. The Bertz CT molecular complexity index is 1540. The van der Waals surface area contributed by atoms with Gasteiger partial charge in [-0.05, 0) is 47.0 Å². The largest absolute Gasteiger partial charge is 0.379 e. The number of nitrogens with two attached hydrogens (primary N) is 1. The number of nitrogens with zero attached hydrogens (tertiary/aromatic N) is 3. The van der Waals surface area contributed by atoms with Crippen LogP contribution in [0.1, 0.15) is 22.0 Å². The number of amides is 2. The standard InChI is InChI=1S/C29H29ClN4O4S/c1-32(27(35)18-34-24-16-23(30)10-11-26(24)39-29(34)37)25(17-33-12-14-38-15-13-33)21-6-2-19(3-7-21)20-4-8-22(9-5-20)28(31)36/h2-11,16,25H,12-15,17-18H2,1H3,(H2,31,36). The zero-order valence-corrected chi connectivity index (χ0v) is 23.1. The van der Waals surface area contributed by atoms with Gasteiger partial charge in [0, 0.05) is 37.3 Å². The highest BCUT2D eigenvalue weighted by Crippen LogP contribution is 2.27. The van der Waals surface area contributed by atoms with Gasteiger partial charge >= 0.3 is 4.87 Å². The lowest BCUT2D eigenvalue weighted by molar-refractivity contribution is -0.133. The van der Waals surface area contributed by atoms with Crippen molar-refractivity contribution in [2.45, 2.75) is 12.6 Å². The van der Waals surface area contributed by atoms with Crippen molar-refractivity contribution in [3.05, 3.63) is 92.5 Å². The summed E-state index contributed by atoms with van der Waals surface area (Å²) in [5.74, 6) is -0.627. The summed E-state index contributed by atoms with van der Waals surface area (Å²) in [6, 6.07) is 20.3. The number of aromatic nitrogens is 1. The van der Waals surface area contributed by atoms with Crippen LogP contribution in [0.2, 0.25) is 5.02 Å². The van der Waals surface area contributed by atoms with Crippen LogP contribution in [0.4, 0.5) is 0 Å². The van der Waals surface area contributed by atoms with Gasteiger partial charge in [0.2, 0.25) is 11.8 Å². The monoisotopic (exact) mass is 564 g/mol. The van der Waals surface area contributed by atoms with Crippen LogP contribution in [0.25, 0.3) is 21.3 Å². The second-order valence-corrected chi connectivity index (χ2v) is 11.0. The van der Waals surface area contributed by atoms with Crippen LogP contribution in [0.5, 0.6) is 0 Å². The number of benzene rings is 3. The highest BCUT2D eigenvalue weighted by Gasteiger charge is 2.26. The molecule has 10 heteroatoms. The Hall–Kier alpha value is -3.50. The van der Waals surface area contributed by atoms with Gasteiger partial charge in [0.1, 0.15) is 6.54 Å². The minimum atomic E-state index is -0.462. The topological polar surface area (TPSA) is 97.9 Å². The Kier molecular flexibility index (Phi) is 8.13. The van der Waals surface area contributed by atoms with E-state index in [0.29, 0.717) is 35.9 Å². The van der Waals surface area contributed by atoms with Crippen molar-refractivity contribution in [2.75, 3.05) is 39.9 Å². The minimum absolute atomic E-state index is 0.0699. The summed E-state index contributed by atoms with van der Waals surface area (Å²) in [5.41, 5.74) is 9.42. The molecular formula is C29H29ClN4O4S. The smallest absolute Gasteiger partial charge is 0.308 e. The van der Waals surface area contributed by atoms with Crippen molar-refractivity contribution < 1.29 is 14.3 Å². The summed E-state index contributed by atoms with van der Waals surface area (Å²) >= 11 is 7.28. The first kappa shape index (κ1) is 27.1.